The van der Waals surface area contributed by atoms with Crippen molar-refractivity contribution < 1.29 is 17.9 Å². The quantitative estimate of drug-likeness (QED) is 0.643. The van der Waals surface area contributed by atoms with Crippen LogP contribution in [0.1, 0.15) is 25.8 Å². The lowest BCUT2D eigenvalue weighted by Gasteiger charge is -2.33. The minimum atomic E-state index is -3.66. The fraction of sp³-hybridized carbons (Fsp3) is 0.381. The highest BCUT2D eigenvalue weighted by Crippen LogP contribution is 2.26. The van der Waals surface area contributed by atoms with Crippen LogP contribution in [0.15, 0.2) is 54.6 Å². The molecule has 152 valence electrons. The molecule has 2 aromatic rings. The van der Waals surface area contributed by atoms with Crippen LogP contribution in [-0.2, 0) is 21.4 Å². The van der Waals surface area contributed by atoms with E-state index in [-0.39, 0.29) is 5.91 Å². The van der Waals surface area contributed by atoms with E-state index in [0.717, 1.165) is 11.8 Å². The smallest absolute Gasteiger partial charge is 0.246 e. The largest absolute Gasteiger partial charge is 0.494 e. The van der Waals surface area contributed by atoms with Gasteiger partial charge in [0.2, 0.25) is 15.9 Å². The Balaban J connectivity index is 2.30. The van der Waals surface area contributed by atoms with Gasteiger partial charge in [-0.2, -0.15) is 0 Å². The maximum atomic E-state index is 13.1. The second-order valence-corrected chi connectivity index (χ2v) is 8.45. The molecular weight excluding hydrogens is 376 g/mol. The third kappa shape index (κ3) is 5.48. The summed E-state index contributed by atoms with van der Waals surface area (Å²) in [6.45, 7) is 4.63. The molecule has 0 unspecified atom stereocenters. The predicted octanol–water partition coefficient (Wildman–Crippen LogP) is 3.29. The van der Waals surface area contributed by atoms with Crippen LogP contribution in [0, 0.1) is 0 Å². The molecule has 0 heterocycles. The zero-order valence-electron chi connectivity index (χ0n) is 16.8. The van der Waals surface area contributed by atoms with Crippen LogP contribution < -0.4 is 9.04 Å². The number of ether oxygens (including phenoxy) is 1. The second-order valence-electron chi connectivity index (χ2n) is 6.59. The van der Waals surface area contributed by atoms with E-state index in [9.17, 15) is 13.2 Å². The fourth-order valence-corrected chi connectivity index (χ4v) is 4.30. The Morgan fingerprint density at radius 3 is 2.14 bits per heavy atom. The summed E-state index contributed by atoms with van der Waals surface area (Å²) < 4.78 is 31.7. The van der Waals surface area contributed by atoms with Crippen molar-refractivity contribution >= 4 is 21.6 Å². The van der Waals surface area contributed by atoms with Gasteiger partial charge in [-0.25, -0.2) is 8.42 Å². The van der Waals surface area contributed by atoms with Crippen molar-refractivity contribution in [2.24, 2.45) is 0 Å². The molecule has 6 nitrogen and oxygen atoms in total. The Morgan fingerprint density at radius 2 is 1.64 bits per heavy atom. The van der Waals surface area contributed by atoms with Crippen molar-refractivity contribution in [2.45, 2.75) is 32.9 Å². The van der Waals surface area contributed by atoms with Gasteiger partial charge < -0.3 is 9.64 Å². The fourth-order valence-electron chi connectivity index (χ4n) is 3.09. The average Bonchev–Trinajstić information content (AvgIpc) is 2.66. The van der Waals surface area contributed by atoms with Crippen molar-refractivity contribution in [3.63, 3.8) is 0 Å². The van der Waals surface area contributed by atoms with Crippen molar-refractivity contribution in [3.05, 3.63) is 60.2 Å². The molecule has 0 radical (unpaired) electrons. The molecular formula is C21H28N2O4S. The van der Waals surface area contributed by atoms with Crippen LogP contribution in [0.25, 0.3) is 0 Å². The predicted molar refractivity (Wildman–Crippen MR) is 112 cm³/mol. The van der Waals surface area contributed by atoms with Crippen molar-refractivity contribution in [1.82, 2.24) is 4.90 Å². The summed E-state index contributed by atoms with van der Waals surface area (Å²) in [6, 6.07) is 15.5. The molecule has 0 aromatic heterocycles. The molecule has 0 N–H and O–H groups in total. The average molecular weight is 405 g/mol. The third-order valence-corrected chi connectivity index (χ3v) is 5.53. The highest BCUT2D eigenvalue weighted by molar-refractivity contribution is 7.92. The number of carbonyl (C=O) groups is 1. The van der Waals surface area contributed by atoms with Gasteiger partial charge in [-0.1, -0.05) is 37.3 Å². The molecule has 0 saturated heterocycles. The maximum Gasteiger partial charge on any atom is 0.246 e. The third-order valence-electron chi connectivity index (χ3n) is 4.35. The van der Waals surface area contributed by atoms with Gasteiger partial charge in [-0.15, -0.1) is 0 Å². The number of hydrogen-bond acceptors (Lipinski definition) is 4. The van der Waals surface area contributed by atoms with Crippen LogP contribution in [0.3, 0.4) is 0 Å². The molecule has 0 aliphatic rings. The van der Waals surface area contributed by atoms with Crippen molar-refractivity contribution in [2.75, 3.05) is 24.2 Å². The summed E-state index contributed by atoms with van der Waals surface area (Å²) in [5.41, 5.74) is 1.43. The summed E-state index contributed by atoms with van der Waals surface area (Å²) in [4.78, 5) is 14.7. The Bertz CT molecular complexity index is 867. The van der Waals surface area contributed by atoms with Crippen molar-refractivity contribution in [1.29, 1.82) is 0 Å². The number of amides is 1. The summed E-state index contributed by atoms with van der Waals surface area (Å²) in [5.74, 6) is 0.408. The van der Waals surface area contributed by atoms with E-state index < -0.39 is 16.1 Å². The van der Waals surface area contributed by atoms with Gasteiger partial charge in [0.25, 0.3) is 0 Å². The number of sulfonamides is 1. The summed E-state index contributed by atoms with van der Waals surface area (Å²) in [5, 5.41) is 0. The first kappa shape index (κ1) is 21.8. The Morgan fingerprint density at radius 1 is 1.04 bits per heavy atom. The number of benzene rings is 2. The Hall–Kier alpha value is -2.54. The molecule has 28 heavy (non-hydrogen) atoms. The minimum absolute atomic E-state index is 0.245. The molecule has 0 aliphatic carbocycles. The molecule has 7 heteroatoms. The van der Waals surface area contributed by atoms with E-state index in [2.05, 4.69) is 0 Å². The highest BCUT2D eigenvalue weighted by atomic mass is 32.2. The summed E-state index contributed by atoms with van der Waals surface area (Å²) in [6.07, 6.45) is 1.48. The van der Waals surface area contributed by atoms with Gasteiger partial charge in [-0.3, -0.25) is 9.10 Å². The molecule has 0 spiro atoms. The van der Waals surface area contributed by atoms with Gasteiger partial charge in [0, 0.05) is 13.6 Å². The summed E-state index contributed by atoms with van der Waals surface area (Å²) >= 11 is 0. The number of hydrogen-bond donors (Lipinski definition) is 0. The first-order valence-electron chi connectivity index (χ1n) is 9.29. The Labute approximate surface area is 167 Å². The van der Waals surface area contributed by atoms with Crippen LogP contribution >= 0.6 is 0 Å². The zero-order valence-corrected chi connectivity index (χ0v) is 17.6. The van der Waals surface area contributed by atoms with Crippen LogP contribution in [0.5, 0.6) is 5.75 Å². The maximum absolute atomic E-state index is 13.1. The molecule has 2 aromatic carbocycles. The van der Waals surface area contributed by atoms with Crippen LogP contribution in [0.2, 0.25) is 0 Å². The lowest BCUT2D eigenvalue weighted by molar-refractivity contribution is -0.131. The minimum Gasteiger partial charge on any atom is -0.494 e. The zero-order chi connectivity index (χ0) is 20.7. The monoisotopic (exact) mass is 404 g/mol. The van der Waals surface area contributed by atoms with E-state index in [4.69, 9.17) is 4.74 Å². The molecule has 2 rings (SSSR count). The highest BCUT2D eigenvalue weighted by Gasteiger charge is 2.33. The van der Waals surface area contributed by atoms with E-state index in [1.807, 2.05) is 44.2 Å². The number of nitrogens with zero attached hydrogens (tertiary/aromatic N) is 2. The molecule has 0 fully saturated rings. The van der Waals surface area contributed by atoms with E-state index in [1.165, 1.54) is 4.31 Å². The lowest BCUT2D eigenvalue weighted by atomic mass is 10.1. The molecule has 0 saturated carbocycles. The van der Waals surface area contributed by atoms with Gasteiger partial charge in [-0.05, 0) is 43.2 Å². The van der Waals surface area contributed by atoms with Gasteiger partial charge in [0.1, 0.15) is 11.8 Å². The number of carbonyl (C=O) groups excluding carboxylic acids is 1. The number of anilines is 1. The molecule has 1 atom stereocenters. The van der Waals surface area contributed by atoms with Gasteiger partial charge in [0.15, 0.2) is 0 Å². The van der Waals surface area contributed by atoms with Crippen molar-refractivity contribution in [3.8, 4) is 5.75 Å². The molecule has 1 amide bonds. The van der Waals surface area contributed by atoms with Crippen LogP contribution in [-0.4, -0.2) is 45.2 Å². The topological polar surface area (TPSA) is 66.9 Å². The standard InChI is InChI=1S/C21H28N2O4S/c1-5-20(21(24)22(3)16-17-10-8-7-9-11-17)23(28(4,25)26)18-12-14-19(15-13-18)27-6-2/h7-15,20H,5-6,16H2,1-4H3/t20-/m1/s1. The van der Waals surface area contributed by atoms with Gasteiger partial charge >= 0.3 is 0 Å². The van der Waals surface area contributed by atoms with Crippen LogP contribution in [0.4, 0.5) is 5.69 Å². The summed E-state index contributed by atoms with van der Waals surface area (Å²) in [7, 11) is -1.97. The first-order valence-corrected chi connectivity index (χ1v) is 11.1. The first-order chi connectivity index (χ1) is 13.3. The Kier molecular flexibility index (Phi) is 7.45. The normalized spacial score (nSPS) is 12.3. The second kappa shape index (κ2) is 9.59. The molecule has 0 aliphatic heterocycles. The SMILES string of the molecule is CCOc1ccc(N([C@H](CC)C(=O)N(C)Cc2ccccc2)S(C)(=O)=O)cc1. The van der Waals surface area contributed by atoms with Gasteiger partial charge in [0.05, 0.1) is 18.6 Å². The number of rotatable bonds is 9. The number of likely N-dealkylation sites (N-methyl/N-ethyl adjacent to an activating group) is 1. The van der Waals surface area contributed by atoms with E-state index in [0.29, 0.717) is 31.0 Å². The van der Waals surface area contributed by atoms with E-state index >= 15 is 0 Å². The molecule has 0 bridgehead atoms. The lowest BCUT2D eigenvalue weighted by Crippen LogP contribution is -2.49. The van der Waals surface area contributed by atoms with E-state index in [1.54, 1.807) is 36.2 Å².